The zero-order valence-corrected chi connectivity index (χ0v) is 26.6. The molecule has 7 nitrogen and oxygen atoms in total. The number of hydrogen-bond donors (Lipinski definition) is 2. The first-order valence-corrected chi connectivity index (χ1v) is 16.0. The standard InChI is InChI=1S/C34H36Cl2FN5O2/c1-17-13-21(16-39)32(17)42-26(19(3)41-34(43)27-10-6-12-44-27)15-23-18(2)40-31-24(33(23)42)14-20(7-5-11-38)28(30(31)37)22-8-4-9-25(35)29(22)36/h4,8-9,14-15,17,19,21,27,32H,5-7,10,12-13,16,39H2,1-3H3,(H,41,43)/t17-,19+,21+,27-,32+/m0/s1. The lowest BCUT2D eigenvalue weighted by atomic mass is 9.70. The zero-order valence-electron chi connectivity index (χ0n) is 25.1. The lowest BCUT2D eigenvalue weighted by Gasteiger charge is -2.45. The number of ether oxygens (including phenoxy) is 1. The van der Waals surface area contributed by atoms with Crippen LogP contribution in [0.1, 0.15) is 68.6 Å². The average molecular weight is 637 g/mol. The number of pyridine rings is 1. The lowest BCUT2D eigenvalue weighted by Crippen LogP contribution is -2.43. The van der Waals surface area contributed by atoms with Gasteiger partial charge in [0.25, 0.3) is 0 Å². The molecule has 2 aliphatic rings. The molecular formula is C34H36Cl2FN5O2. The summed E-state index contributed by atoms with van der Waals surface area (Å²) >= 11 is 13.0. The van der Waals surface area contributed by atoms with E-state index in [9.17, 15) is 10.1 Å². The summed E-state index contributed by atoms with van der Waals surface area (Å²) in [6, 6.07) is 11.1. The summed E-state index contributed by atoms with van der Waals surface area (Å²) in [6.07, 6.45) is 2.62. The summed E-state index contributed by atoms with van der Waals surface area (Å²) in [5, 5.41) is 14.8. The normalized spacial score (nSPS) is 22.2. The highest BCUT2D eigenvalue weighted by Gasteiger charge is 2.41. The van der Waals surface area contributed by atoms with Crippen LogP contribution in [0.5, 0.6) is 0 Å². The van der Waals surface area contributed by atoms with Gasteiger partial charge in [-0.3, -0.25) is 4.79 Å². The van der Waals surface area contributed by atoms with Crippen molar-refractivity contribution in [1.82, 2.24) is 14.9 Å². The molecule has 0 radical (unpaired) electrons. The van der Waals surface area contributed by atoms with Gasteiger partial charge >= 0.3 is 0 Å². The molecule has 0 spiro atoms. The molecule has 4 aromatic rings. The minimum absolute atomic E-state index is 0.0623. The van der Waals surface area contributed by atoms with Gasteiger partial charge in [0.1, 0.15) is 11.6 Å². The van der Waals surface area contributed by atoms with Crippen LogP contribution >= 0.6 is 23.2 Å². The maximum atomic E-state index is 16.9. The summed E-state index contributed by atoms with van der Waals surface area (Å²) in [5.41, 5.74) is 10.3. The number of carbonyl (C=O) groups is 1. The Kier molecular flexibility index (Phi) is 8.60. The van der Waals surface area contributed by atoms with Gasteiger partial charge in [-0.1, -0.05) is 42.3 Å². The van der Waals surface area contributed by atoms with E-state index < -0.39 is 11.9 Å². The second kappa shape index (κ2) is 12.3. The van der Waals surface area contributed by atoms with Gasteiger partial charge in [-0.25, -0.2) is 9.37 Å². The third kappa shape index (κ3) is 5.14. The van der Waals surface area contributed by atoms with Crippen LogP contribution in [0.4, 0.5) is 4.39 Å². The van der Waals surface area contributed by atoms with Crippen LogP contribution in [0.2, 0.25) is 10.0 Å². The van der Waals surface area contributed by atoms with E-state index >= 15 is 4.39 Å². The maximum Gasteiger partial charge on any atom is 0.249 e. The van der Waals surface area contributed by atoms with Gasteiger partial charge in [-0.15, -0.1) is 0 Å². The third-order valence-electron chi connectivity index (χ3n) is 9.41. The summed E-state index contributed by atoms with van der Waals surface area (Å²) in [5.74, 6) is -0.0709. The molecule has 6 rings (SSSR count). The number of rotatable bonds is 8. The van der Waals surface area contributed by atoms with E-state index in [1.165, 1.54) is 0 Å². The number of carbonyl (C=O) groups excluding carboxylic acids is 1. The fraction of sp³-hybridized carbons (Fsp3) is 0.441. The lowest BCUT2D eigenvalue weighted by molar-refractivity contribution is -0.130. The Morgan fingerprint density at radius 2 is 2.11 bits per heavy atom. The SMILES string of the molecule is Cc1nc2c(F)c(-c3cccc(Cl)c3Cl)c(CCC#N)cc2c2c1cc([C@@H](C)NC(=O)[C@@H]1CCCO1)n2[C@H]1[C@@H](CN)C[C@@H]1C. The highest BCUT2D eigenvalue weighted by molar-refractivity contribution is 6.43. The summed E-state index contributed by atoms with van der Waals surface area (Å²) in [6.45, 7) is 7.17. The van der Waals surface area contributed by atoms with E-state index in [2.05, 4.69) is 28.9 Å². The fourth-order valence-electron chi connectivity index (χ4n) is 7.23. The molecule has 1 amide bonds. The number of nitrogens with zero attached hydrogens (tertiary/aromatic N) is 3. The number of hydrogen-bond acceptors (Lipinski definition) is 5. The highest BCUT2D eigenvalue weighted by Crippen LogP contribution is 2.49. The van der Waals surface area contributed by atoms with E-state index in [0.717, 1.165) is 29.4 Å². The third-order valence-corrected chi connectivity index (χ3v) is 10.2. The number of fused-ring (bicyclic) bond motifs is 3. The number of aromatic nitrogens is 2. The first-order valence-electron chi connectivity index (χ1n) is 15.3. The van der Waals surface area contributed by atoms with Crippen molar-refractivity contribution in [1.29, 1.82) is 5.26 Å². The van der Waals surface area contributed by atoms with Crippen molar-refractivity contribution in [2.75, 3.05) is 13.2 Å². The molecule has 44 heavy (non-hydrogen) atoms. The summed E-state index contributed by atoms with van der Waals surface area (Å²) < 4.78 is 24.8. The van der Waals surface area contributed by atoms with Crippen molar-refractivity contribution in [3.8, 4) is 17.2 Å². The topological polar surface area (TPSA) is 106 Å². The molecule has 10 heteroatoms. The Hall–Kier alpha value is -3.22. The smallest absolute Gasteiger partial charge is 0.249 e. The number of nitrogens with two attached hydrogens (primary N) is 1. The van der Waals surface area contributed by atoms with Crippen LogP contribution in [-0.4, -0.2) is 34.7 Å². The number of nitrogens with one attached hydrogen (secondary N) is 1. The van der Waals surface area contributed by atoms with E-state index in [4.69, 9.17) is 38.7 Å². The molecule has 230 valence electrons. The van der Waals surface area contributed by atoms with Gasteiger partial charge < -0.3 is 20.4 Å². The molecule has 1 aliphatic heterocycles. The number of aryl methyl sites for hydroxylation is 2. The van der Waals surface area contributed by atoms with Crippen molar-refractivity contribution in [3.63, 3.8) is 0 Å². The van der Waals surface area contributed by atoms with Gasteiger partial charge in [-0.05, 0) is 81.7 Å². The molecule has 2 fully saturated rings. The van der Waals surface area contributed by atoms with Crippen molar-refractivity contribution in [2.24, 2.45) is 17.6 Å². The fourth-order valence-corrected chi connectivity index (χ4v) is 7.62. The quantitative estimate of drug-likeness (QED) is 0.208. The van der Waals surface area contributed by atoms with Crippen LogP contribution in [0.3, 0.4) is 0 Å². The van der Waals surface area contributed by atoms with Gasteiger partial charge in [0.2, 0.25) is 5.91 Å². The van der Waals surface area contributed by atoms with Gasteiger partial charge in [0.15, 0.2) is 5.82 Å². The molecule has 1 saturated carbocycles. The number of amides is 1. The Morgan fingerprint density at radius 3 is 2.80 bits per heavy atom. The van der Waals surface area contributed by atoms with Crippen LogP contribution in [-0.2, 0) is 16.0 Å². The Morgan fingerprint density at radius 1 is 1.32 bits per heavy atom. The van der Waals surface area contributed by atoms with Crippen molar-refractivity contribution in [2.45, 2.75) is 71.1 Å². The zero-order chi connectivity index (χ0) is 31.3. The molecule has 1 saturated heterocycles. The Bertz CT molecular complexity index is 1810. The molecule has 2 aromatic carbocycles. The molecule has 0 bridgehead atoms. The van der Waals surface area contributed by atoms with Crippen LogP contribution in [0.15, 0.2) is 30.3 Å². The average Bonchev–Trinajstić information content (AvgIpc) is 3.67. The monoisotopic (exact) mass is 635 g/mol. The van der Waals surface area contributed by atoms with E-state index in [-0.39, 0.29) is 40.9 Å². The maximum absolute atomic E-state index is 16.9. The molecule has 3 heterocycles. The van der Waals surface area contributed by atoms with Crippen molar-refractivity contribution in [3.05, 3.63) is 63.1 Å². The molecular weight excluding hydrogens is 600 g/mol. The predicted molar refractivity (Wildman–Crippen MR) is 172 cm³/mol. The van der Waals surface area contributed by atoms with Gasteiger partial charge in [-0.2, -0.15) is 5.26 Å². The van der Waals surface area contributed by atoms with Gasteiger partial charge in [0, 0.05) is 52.4 Å². The summed E-state index contributed by atoms with van der Waals surface area (Å²) in [7, 11) is 0. The second-order valence-electron chi connectivity index (χ2n) is 12.2. The second-order valence-corrected chi connectivity index (χ2v) is 13.0. The van der Waals surface area contributed by atoms with Crippen LogP contribution < -0.4 is 11.1 Å². The van der Waals surface area contributed by atoms with Gasteiger partial charge in [0.05, 0.1) is 27.7 Å². The predicted octanol–water partition coefficient (Wildman–Crippen LogP) is 7.58. The minimum atomic E-state index is -0.504. The molecule has 1 aliphatic carbocycles. The van der Waals surface area contributed by atoms with Crippen molar-refractivity contribution >= 4 is 50.9 Å². The Labute approximate surface area is 266 Å². The summed E-state index contributed by atoms with van der Waals surface area (Å²) in [4.78, 5) is 17.9. The Balaban J connectivity index is 1.63. The van der Waals surface area contributed by atoms with E-state index in [1.807, 2.05) is 19.9 Å². The van der Waals surface area contributed by atoms with E-state index in [1.54, 1.807) is 18.2 Å². The highest BCUT2D eigenvalue weighted by atomic mass is 35.5. The number of nitriles is 1. The van der Waals surface area contributed by atoms with E-state index in [0.29, 0.717) is 64.7 Å². The number of benzene rings is 2. The molecule has 2 aromatic heterocycles. The van der Waals surface area contributed by atoms with Crippen molar-refractivity contribution < 1.29 is 13.9 Å². The molecule has 0 unspecified atom stereocenters. The molecule has 5 atom stereocenters. The first-order chi connectivity index (χ1) is 21.2. The van der Waals surface area contributed by atoms with Crippen LogP contribution in [0, 0.1) is 35.9 Å². The largest absolute Gasteiger partial charge is 0.368 e. The first kappa shape index (κ1) is 30.8. The minimum Gasteiger partial charge on any atom is -0.368 e. The number of halogens is 3. The van der Waals surface area contributed by atoms with Crippen LogP contribution in [0.25, 0.3) is 32.9 Å². The molecule has 3 N–H and O–H groups in total.